The fraction of sp³-hybridized carbons (Fsp3) is 0.600. The van der Waals surface area contributed by atoms with Gasteiger partial charge in [-0.05, 0) is 24.3 Å². The number of aliphatic hydroxyl groups is 1. The molecule has 1 aliphatic rings. The summed E-state index contributed by atoms with van der Waals surface area (Å²) in [6.07, 6.45) is 1.38. The molecule has 0 spiro atoms. The third-order valence-electron chi connectivity index (χ3n) is 2.68. The lowest BCUT2D eigenvalue weighted by atomic mass is 10.1. The summed E-state index contributed by atoms with van der Waals surface area (Å²) in [5, 5.41) is 10.7. The molecule has 0 aliphatic carbocycles. The van der Waals surface area contributed by atoms with E-state index < -0.39 is 10.0 Å². The van der Waals surface area contributed by atoms with Crippen molar-refractivity contribution in [3.8, 4) is 0 Å². The molecule has 1 saturated heterocycles. The molecule has 2 rings (SSSR count). The van der Waals surface area contributed by atoms with Crippen LogP contribution in [0.15, 0.2) is 16.3 Å². The summed E-state index contributed by atoms with van der Waals surface area (Å²) in [4.78, 5) is 0.668. The van der Waals surface area contributed by atoms with Crippen LogP contribution in [0, 0.1) is 0 Å². The first kappa shape index (κ1) is 13.0. The van der Waals surface area contributed by atoms with Gasteiger partial charge < -0.3 is 9.84 Å². The average Bonchev–Trinajstić information content (AvgIpc) is 2.78. The molecule has 2 heterocycles. The van der Waals surface area contributed by atoms with Gasteiger partial charge in [-0.1, -0.05) is 0 Å². The molecule has 7 heteroatoms. The SMILES string of the molecule is O=S(=O)(NC1CCOCC1)c1ccsc1CO. The first-order chi connectivity index (χ1) is 8.13. The second-order valence-electron chi connectivity index (χ2n) is 3.87. The number of sulfonamides is 1. The molecule has 0 radical (unpaired) electrons. The molecule has 1 aromatic heterocycles. The van der Waals surface area contributed by atoms with Gasteiger partial charge in [0.25, 0.3) is 0 Å². The number of rotatable bonds is 4. The zero-order valence-corrected chi connectivity index (χ0v) is 10.9. The Balaban J connectivity index is 2.13. The zero-order chi connectivity index (χ0) is 12.3. The topological polar surface area (TPSA) is 75.6 Å². The van der Waals surface area contributed by atoms with E-state index in [1.54, 1.807) is 5.38 Å². The van der Waals surface area contributed by atoms with Gasteiger partial charge in [-0.25, -0.2) is 13.1 Å². The molecule has 0 saturated carbocycles. The molecule has 0 aromatic carbocycles. The Kier molecular flexibility index (Phi) is 4.16. The smallest absolute Gasteiger partial charge is 0.242 e. The van der Waals surface area contributed by atoms with E-state index in [0.29, 0.717) is 30.9 Å². The minimum Gasteiger partial charge on any atom is -0.391 e. The lowest BCUT2D eigenvalue weighted by Gasteiger charge is -2.22. The van der Waals surface area contributed by atoms with Gasteiger partial charge in [-0.2, -0.15) is 0 Å². The summed E-state index contributed by atoms with van der Waals surface area (Å²) in [5.74, 6) is 0. The van der Waals surface area contributed by atoms with E-state index in [1.807, 2.05) is 0 Å². The van der Waals surface area contributed by atoms with Crippen LogP contribution in [0.25, 0.3) is 0 Å². The van der Waals surface area contributed by atoms with Crippen LogP contribution in [0.3, 0.4) is 0 Å². The largest absolute Gasteiger partial charge is 0.391 e. The fourth-order valence-electron chi connectivity index (χ4n) is 1.78. The Bertz CT molecular complexity index is 462. The summed E-state index contributed by atoms with van der Waals surface area (Å²) in [7, 11) is -3.51. The predicted octanol–water partition coefficient (Wildman–Crippen LogP) is 0.698. The standard InChI is InChI=1S/C10H15NO4S2/c12-7-9-10(3-6-16-9)17(13,14)11-8-1-4-15-5-2-8/h3,6,8,11-12H,1-2,4-5,7H2. The Labute approximate surface area is 104 Å². The fourth-order valence-corrected chi connectivity index (χ4v) is 4.38. The molecule has 5 nitrogen and oxygen atoms in total. The van der Waals surface area contributed by atoms with Crippen molar-refractivity contribution in [3.63, 3.8) is 0 Å². The maximum Gasteiger partial charge on any atom is 0.242 e. The van der Waals surface area contributed by atoms with Crippen LogP contribution in [-0.4, -0.2) is 32.8 Å². The van der Waals surface area contributed by atoms with Crippen LogP contribution in [0.5, 0.6) is 0 Å². The molecular formula is C10H15NO4S2. The minimum absolute atomic E-state index is 0.0693. The molecule has 0 bridgehead atoms. The molecule has 17 heavy (non-hydrogen) atoms. The third-order valence-corrected chi connectivity index (χ3v) is 5.32. The second kappa shape index (κ2) is 5.45. The van der Waals surface area contributed by atoms with E-state index in [1.165, 1.54) is 17.4 Å². The second-order valence-corrected chi connectivity index (χ2v) is 6.56. The van der Waals surface area contributed by atoms with E-state index >= 15 is 0 Å². The van der Waals surface area contributed by atoms with Gasteiger partial charge in [0.15, 0.2) is 0 Å². The van der Waals surface area contributed by atoms with Crippen LogP contribution in [-0.2, 0) is 21.4 Å². The van der Waals surface area contributed by atoms with Crippen molar-refractivity contribution in [3.05, 3.63) is 16.3 Å². The Morgan fingerprint density at radius 1 is 1.47 bits per heavy atom. The number of hydrogen-bond donors (Lipinski definition) is 2. The van der Waals surface area contributed by atoms with Gasteiger partial charge >= 0.3 is 0 Å². The minimum atomic E-state index is -3.51. The van der Waals surface area contributed by atoms with Gasteiger partial charge in [0.1, 0.15) is 0 Å². The van der Waals surface area contributed by atoms with Crippen molar-refractivity contribution < 1.29 is 18.3 Å². The van der Waals surface area contributed by atoms with E-state index in [4.69, 9.17) is 9.84 Å². The zero-order valence-electron chi connectivity index (χ0n) is 9.26. The summed E-state index contributed by atoms with van der Waals surface area (Å²) in [5.41, 5.74) is 0. The first-order valence-electron chi connectivity index (χ1n) is 5.41. The van der Waals surface area contributed by atoms with Crippen LogP contribution < -0.4 is 4.72 Å². The normalized spacial score (nSPS) is 18.4. The van der Waals surface area contributed by atoms with Crippen molar-refractivity contribution in [1.82, 2.24) is 4.72 Å². The predicted molar refractivity (Wildman–Crippen MR) is 64.4 cm³/mol. The first-order valence-corrected chi connectivity index (χ1v) is 7.77. The summed E-state index contributed by atoms with van der Waals surface area (Å²) >= 11 is 1.24. The van der Waals surface area contributed by atoms with E-state index in [0.717, 1.165) is 0 Å². The number of aliphatic hydroxyl groups excluding tert-OH is 1. The quantitative estimate of drug-likeness (QED) is 0.849. The Morgan fingerprint density at radius 3 is 2.82 bits per heavy atom. The van der Waals surface area contributed by atoms with Gasteiger partial charge in [-0.3, -0.25) is 0 Å². The van der Waals surface area contributed by atoms with Crippen LogP contribution in [0.1, 0.15) is 17.7 Å². The van der Waals surface area contributed by atoms with Crippen LogP contribution >= 0.6 is 11.3 Å². The molecule has 0 atom stereocenters. The molecular weight excluding hydrogens is 262 g/mol. The molecule has 1 aromatic rings. The van der Waals surface area contributed by atoms with Crippen LogP contribution in [0.2, 0.25) is 0 Å². The highest BCUT2D eigenvalue weighted by molar-refractivity contribution is 7.89. The van der Waals surface area contributed by atoms with Gasteiger partial charge in [0.2, 0.25) is 10.0 Å². The molecule has 2 N–H and O–H groups in total. The average molecular weight is 277 g/mol. The maximum absolute atomic E-state index is 12.1. The molecule has 96 valence electrons. The van der Waals surface area contributed by atoms with E-state index in [2.05, 4.69) is 4.72 Å². The van der Waals surface area contributed by atoms with Crippen molar-refractivity contribution in [1.29, 1.82) is 0 Å². The molecule has 0 unspecified atom stereocenters. The van der Waals surface area contributed by atoms with Crippen LogP contribution in [0.4, 0.5) is 0 Å². The summed E-state index contributed by atoms with van der Waals surface area (Å²) in [6.45, 7) is 0.926. The van der Waals surface area contributed by atoms with Crippen molar-refractivity contribution >= 4 is 21.4 Å². The number of hydrogen-bond acceptors (Lipinski definition) is 5. The monoisotopic (exact) mass is 277 g/mol. The van der Waals surface area contributed by atoms with Gasteiger partial charge in [0, 0.05) is 24.1 Å². The van der Waals surface area contributed by atoms with Crippen molar-refractivity contribution in [2.75, 3.05) is 13.2 Å². The summed E-state index contributed by atoms with van der Waals surface area (Å²) in [6, 6.07) is 1.46. The number of ether oxygens (including phenoxy) is 1. The summed E-state index contributed by atoms with van der Waals surface area (Å²) < 4.78 is 32.0. The molecule has 1 aliphatic heterocycles. The lowest BCUT2D eigenvalue weighted by molar-refractivity contribution is 0.0832. The number of thiophene rings is 1. The third kappa shape index (κ3) is 3.05. The highest BCUT2D eigenvalue weighted by Crippen LogP contribution is 2.22. The van der Waals surface area contributed by atoms with Crippen molar-refractivity contribution in [2.45, 2.75) is 30.4 Å². The lowest BCUT2D eigenvalue weighted by Crippen LogP contribution is -2.38. The maximum atomic E-state index is 12.1. The van der Waals surface area contributed by atoms with E-state index in [9.17, 15) is 8.42 Å². The Morgan fingerprint density at radius 2 is 2.18 bits per heavy atom. The Hall–Kier alpha value is -0.470. The number of nitrogens with one attached hydrogen (secondary N) is 1. The van der Waals surface area contributed by atoms with Crippen molar-refractivity contribution in [2.24, 2.45) is 0 Å². The highest BCUT2D eigenvalue weighted by Gasteiger charge is 2.24. The van der Waals surface area contributed by atoms with E-state index in [-0.39, 0.29) is 17.5 Å². The molecule has 0 amide bonds. The van der Waals surface area contributed by atoms with Gasteiger partial charge in [-0.15, -0.1) is 11.3 Å². The highest BCUT2D eigenvalue weighted by atomic mass is 32.2. The van der Waals surface area contributed by atoms with Gasteiger partial charge in [0.05, 0.1) is 11.5 Å². The molecule has 1 fully saturated rings.